The Morgan fingerprint density at radius 2 is 2.04 bits per heavy atom. The molecule has 0 spiro atoms. The van der Waals surface area contributed by atoms with Crippen LogP contribution >= 0.6 is 11.8 Å². The maximum atomic E-state index is 11.9. The summed E-state index contributed by atoms with van der Waals surface area (Å²) in [4.78, 5) is 19.4. The molecule has 1 heterocycles. The molecule has 8 nitrogen and oxygen atoms in total. The summed E-state index contributed by atoms with van der Waals surface area (Å²) >= 11 is 1.18. The predicted molar refractivity (Wildman–Crippen MR) is 90.1 cm³/mol. The number of aliphatic hydroxyl groups excluding tert-OH is 3. The number of fused-ring (bicyclic) bond motifs is 1. The van der Waals surface area contributed by atoms with Gasteiger partial charge in [0.15, 0.2) is 5.16 Å². The third kappa shape index (κ3) is 4.38. The van der Waals surface area contributed by atoms with E-state index in [4.69, 9.17) is 4.74 Å². The summed E-state index contributed by atoms with van der Waals surface area (Å²) in [6, 6.07) is 5.49. The average molecular weight is 355 g/mol. The van der Waals surface area contributed by atoms with E-state index in [1.54, 1.807) is 0 Å². The molecule has 0 radical (unpaired) electrons. The molecular weight excluding hydrogens is 334 g/mol. The van der Waals surface area contributed by atoms with E-state index in [-0.39, 0.29) is 5.75 Å². The van der Waals surface area contributed by atoms with Crippen LogP contribution in [0, 0.1) is 0 Å². The Labute approximate surface area is 143 Å². The molecule has 24 heavy (non-hydrogen) atoms. The molecule has 0 aliphatic rings. The maximum Gasteiger partial charge on any atom is 0.231 e. The quantitative estimate of drug-likeness (QED) is 0.397. The molecule has 0 unspecified atom stereocenters. The summed E-state index contributed by atoms with van der Waals surface area (Å²) in [6.45, 7) is 0.815. The van der Waals surface area contributed by atoms with Crippen molar-refractivity contribution in [1.29, 1.82) is 0 Å². The minimum atomic E-state index is -1.42. The molecule has 0 atom stereocenters. The monoisotopic (exact) mass is 355 g/mol. The maximum absolute atomic E-state index is 11.9. The van der Waals surface area contributed by atoms with Crippen LogP contribution in [-0.2, 0) is 4.79 Å². The van der Waals surface area contributed by atoms with E-state index < -0.39 is 31.3 Å². The number of aliphatic hydroxyl groups is 3. The summed E-state index contributed by atoms with van der Waals surface area (Å²) in [5.41, 5.74) is 0.147. The fourth-order valence-corrected chi connectivity index (χ4v) is 2.71. The van der Waals surface area contributed by atoms with Gasteiger partial charge in [0.25, 0.3) is 0 Å². The fraction of sp³-hybridized carbons (Fsp3) is 0.467. The van der Waals surface area contributed by atoms with E-state index in [1.165, 1.54) is 11.8 Å². The summed E-state index contributed by atoms with van der Waals surface area (Å²) < 4.78 is 5.42. The Morgan fingerprint density at radius 1 is 1.33 bits per heavy atom. The molecule has 5 N–H and O–H groups in total. The number of ether oxygens (including phenoxy) is 1. The van der Waals surface area contributed by atoms with Crippen molar-refractivity contribution in [2.45, 2.75) is 17.6 Å². The van der Waals surface area contributed by atoms with Gasteiger partial charge in [-0.2, -0.15) is 0 Å². The number of nitrogens with zero attached hydrogens (tertiary/aromatic N) is 1. The first-order valence-electron chi connectivity index (χ1n) is 7.44. The van der Waals surface area contributed by atoms with E-state index in [0.29, 0.717) is 11.8 Å². The number of rotatable bonds is 9. The molecule has 0 fully saturated rings. The van der Waals surface area contributed by atoms with Gasteiger partial charge in [-0.3, -0.25) is 4.79 Å². The molecule has 2 aromatic rings. The van der Waals surface area contributed by atoms with E-state index >= 15 is 0 Å². The summed E-state index contributed by atoms with van der Waals surface area (Å²) in [7, 11) is 0. The van der Waals surface area contributed by atoms with Gasteiger partial charge in [-0.05, 0) is 19.1 Å². The van der Waals surface area contributed by atoms with Gasteiger partial charge in [0.2, 0.25) is 5.91 Å². The lowest BCUT2D eigenvalue weighted by Crippen LogP contribution is -2.57. The van der Waals surface area contributed by atoms with Crippen molar-refractivity contribution < 1.29 is 24.9 Å². The van der Waals surface area contributed by atoms with Crippen LogP contribution in [0.15, 0.2) is 23.4 Å². The van der Waals surface area contributed by atoms with Crippen LogP contribution in [0.25, 0.3) is 11.0 Å². The zero-order chi connectivity index (χ0) is 17.6. The molecule has 0 saturated heterocycles. The van der Waals surface area contributed by atoms with E-state index in [0.717, 1.165) is 16.8 Å². The number of aromatic amines is 1. The van der Waals surface area contributed by atoms with Gasteiger partial charge in [0.1, 0.15) is 11.3 Å². The van der Waals surface area contributed by atoms with Crippen LogP contribution in [0.1, 0.15) is 6.92 Å². The zero-order valence-corrected chi connectivity index (χ0v) is 14.1. The van der Waals surface area contributed by atoms with Crippen LogP contribution in [0.5, 0.6) is 5.75 Å². The van der Waals surface area contributed by atoms with Gasteiger partial charge in [-0.15, -0.1) is 0 Å². The average Bonchev–Trinajstić information content (AvgIpc) is 3.00. The molecular formula is C15H21N3O5S. The molecule has 1 amide bonds. The van der Waals surface area contributed by atoms with E-state index in [1.807, 2.05) is 25.1 Å². The van der Waals surface area contributed by atoms with Crippen molar-refractivity contribution in [2.75, 3.05) is 32.2 Å². The summed E-state index contributed by atoms with van der Waals surface area (Å²) in [5, 5.41) is 30.6. The first-order chi connectivity index (χ1) is 11.6. The molecule has 0 aliphatic carbocycles. The Bertz CT molecular complexity index is 679. The molecule has 0 saturated carbocycles. The molecule has 0 bridgehead atoms. The van der Waals surface area contributed by atoms with Crippen molar-refractivity contribution in [1.82, 2.24) is 15.3 Å². The van der Waals surface area contributed by atoms with Crippen LogP contribution in [-0.4, -0.2) is 68.9 Å². The number of nitrogens with one attached hydrogen (secondary N) is 2. The van der Waals surface area contributed by atoms with Crippen LogP contribution in [0.3, 0.4) is 0 Å². The van der Waals surface area contributed by atoms with Crippen molar-refractivity contribution >= 4 is 28.7 Å². The Kier molecular flexibility index (Phi) is 6.44. The number of carbonyl (C=O) groups is 1. The number of imidazole rings is 1. The lowest BCUT2D eigenvalue weighted by Gasteiger charge is -2.28. The van der Waals surface area contributed by atoms with Crippen molar-refractivity contribution in [3.8, 4) is 5.75 Å². The summed E-state index contributed by atoms with van der Waals surface area (Å²) in [5.74, 6) is 0.342. The number of H-pyrrole nitrogens is 1. The number of thioether (sulfide) groups is 1. The van der Waals surface area contributed by atoms with Crippen molar-refractivity contribution in [2.24, 2.45) is 0 Å². The Hall–Kier alpha value is -1.81. The fourth-order valence-electron chi connectivity index (χ4n) is 2.02. The first kappa shape index (κ1) is 18.5. The molecule has 9 heteroatoms. The third-order valence-corrected chi connectivity index (χ3v) is 4.27. The van der Waals surface area contributed by atoms with Gasteiger partial charge in [0.05, 0.1) is 43.2 Å². The van der Waals surface area contributed by atoms with Gasteiger partial charge in [-0.25, -0.2) is 4.98 Å². The predicted octanol–water partition coefficient (Wildman–Crippen LogP) is -0.114. The molecule has 0 aliphatic heterocycles. The van der Waals surface area contributed by atoms with Gasteiger partial charge in [0, 0.05) is 6.07 Å². The lowest BCUT2D eigenvalue weighted by atomic mass is 10.0. The second-order valence-corrected chi connectivity index (χ2v) is 6.21. The van der Waals surface area contributed by atoms with E-state index in [9.17, 15) is 20.1 Å². The van der Waals surface area contributed by atoms with Crippen LogP contribution < -0.4 is 10.1 Å². The largest absolute Gasteiger partial charge is 0.494 e. The highest BCUT2D eigenvalue weighted by Gasteiger charge is 2.29. The highest BCUT2D eigenvalue weighted by Crippen LogP contribution is 2.23. The standard InChI is InChI=1S/C15H21N3O5S/c1-2-23-10-3-4-11-12(5-10)17-14(16-11)24-6-13(22)18-15(7-19,8-20)9-21/h3-5,19-21H,2,6-9H2,1H3,(H,16,17)(H,18,22). The topological polar surface area (TPSA) is 128 Å². The smallest absolute Gasteiger partial charge is 0.231 e. The minimum Gasteiger partial charge on any atom is -0.494 e. The highest BCUT2D eigenvalue weighted by atomic mass is 32.2. The van der Waals surface area contributed by atoms with Gasteiger partial charge in [-0.1, -0.05) is 11.8 Å². The number of carbonyl (C=O) groups excluding carboxylic acids is 1. The van der Waals surface area contributed by atoms with Crippen LogP contribution in [0.2, 0.25) is 0 Å². The second-order valence-electron chi connectivity index (χ2n) is 5.25. The van der Waals surface area contributed by atoms with Gasteiger partial charge < -0.3 is 30.4 Å². The molecule has 132 valence electrons. The van der Waals surface area contributed by atoms with Gasteiger partial charge >= 0.3 is 0 Å². The minimum absolute atomic E-state index is 0.0277. The highest BCUT2D eigenvalue weighted by molar-refractivity contribution is 7.99. The molecule has 2 rings (SSSR count). The number of hydrogen-bond donors (Lipinski definition) is 5. The Balaban J connectivity index is 1.98. The summed E-state index contributed by atoms with van der Waals surface area (Å²) in [6.07, 6.45) is 0. The molecule has 1 aromatic heterocycles. The molecule has 1 aromatic carbocycles. The number of hydrogen-bond acceptors (Lipinski definition) is 7. The Morgan fingerprint density at radius 3 is 2.67 bits per heavy atom. The third-order valence-electron chi connectivity index (χ3n) is 3.40. The number of benzene rings is 1. The van der Waals surface area contributed by atoms with Crippen molar-refractivity contribution in [3.63, 3.8) is 0 Å². The van der Waals surface area contributed by atoms with E-state index in [2.05, 4.69) is 15.3 Å². The number of aromatic nitrogens is 2. The zero-order valence-electron chi connectivity index (χ0n) is 13.3. The normalized spacial score (nSPS) is 11.7. The second kappa shape index (κ2) is 8.34. The lowest BCUT2D eigenvalue weighted by molar-refractivity contribution is -0.122. The first-order valence-corrected chi connectivity index (χ1v) is 8.43. The van der Waals surface area contributed by atoms with Crippen molar-refractivity contribution in [3.05, 3.63) is 18.2 Å². The SMILES string of the molecule is CCOc1ccc2nc(SCC(=O)NC(CO)(CO)CO)[nH]c2c1. The number of amides is 1. The van der Waals surface area contributed by atoms with Crippen LogP contribution in [0.4, 0.5) is 0 Å².